The Kier molecular flexibility index (Phi) is 4.68. The molecule has 0 fully saturated rings. The van der Waals surface area contributed by atoms with Gasteiger partial charge in [0.15, 0.2) is 0 Å². The van der Waals surface area contributed by atoms with E-state index in [1.807, 2.05) is 17.4 Å². The number of rotatable bonds is 5. The summed E-state index contributed by atoms with van der Waals surface area (Å²) in [4.78, 5) is 6.24. The zero-order valence-corrected chi connectivity index (χ0v) is 13.2. The molecule has 2 unspecified atom stereocenters. The first-order chi connectivity index (χ1) is 10.3. The summed E-state index contributed by atoms with van der Waals surface area (Å²) in [5, 5.41) is 13.9. The van der Waals surface area contributed by atoms with Gasteiger partial charge in [0.05, 0.1) is 5.69 Å². The molecular formula is C17H22N2OS. The maximum absolute atomic E-state index is 9.16. The summed E-state index contributed by atoms with van der Waals surface area (Å²) < 4.78 is 0. The highest BCUT2D eigenvalue weighted by Gasteiger charge is 2.24. The van der Waals surface area contributed by atoms with E-state index >= 15 is 0 Å². The molecule has 1 aliphatic rings. The maximum Gasteiger partial charge on any atom is 0.123 e. The lowest BCUT2D eigenvalue weighted by Crippen LogP contribution is -2.29. The third kappa shape index (κ3) is 3.34. The monoisotopic (exact) mass is 302 g/mol. The lowest BCUT2D eigenvalue weighted by atomic mass is 9.97. The Balaban J connectivity index is 1.80. The molecule has 1 heterocycles. The van der Waals surface area contributed by atoms with Crippen LogP contribution >= 0.6 is 11.3 Å². The van der Waals surface area contributed by atoms with Gasteiger partial charge in [-0.3, -0.25) is 0 Å². The fraction of sp³-hybridized carbons (Fsp3) is 0.471. The van der Waals surface area contributed by atoms with Gasteiger partial charge < -0.3 is 10.4 Å². The number of aliphatic hydroxyl groups is 1. The van der Waals surface area contributed by atoms with Gasteiger partial charge in [-0.15, -0.1) is 11.3 Å². The Labute approximate surface area is 130 Å². The van der Waals surface area contributed by atoms with Crippen LogP contribution in [0.1, 0.15) is 36.4 Å². The quantitative estimate of drug-likeness (QED) is 0.889. The minimum atomic E-state index is 0.241. The predicted molar refractivity (Wildman–Crippen MR) is 87.5 cm³/mol. The average Bonchev–Trinajstić information content (AvgIpc) is 2.98. The number of benzene rings is 1. The number of fused-ring (bicyclic) bond motifs is 1. The van der Waals surface area contributed by atoms with E-state index in [-0.39, 0.29) is 6.61 Å². The van der Waals surface area contributed by atoms with Crippen LogP contribution in [0.3, 0.4) is 0 Å². The lowest BCUT2D eigenvalue weighted by Gasteiger charge is -2.23. The third-order valence-electron chi connectivity index (χ3n) is 4.00. The van der Waals surface area contributed by atoms with Gasteiger partial charge >= 0.3 is 0 Å². The Morgan fingerprint density at radius 1 is 1.38 bits per heavy atom. The molecule has 4 heteroatoms. The second kappa shape index (κ2) is 6.69. The van der Waals surface area contributed by atoms with Gasteiger partial charge in [-0.2, -0.15) is 0 Å². The molecule has 21 heavy (non-hydrogen) atoms. The van der Waals surface area contributed by atoms with Crippen molar-refractivity contribution in [3.8, 4) is 10.6 Å². The molecule has 3 rings (SSSR count). The molecule has 1 aromatic carbocycles. The van der Waals surface area contributed by atoms with Gasteiger partial charge in [-0.1, -0.05) is 37.3 Å². The normalized spacial score (nSPS) is 19.2. The van der Waals surface area contributed by atoms with Crippen LogP contribution in [0.15, 0.2) is 30.3 Å². The Morgan fingerprint density at radius 2 is 2.19 bits per heavy atom. The van der Waals surface area contributed by atoms with Crippen molar-refractivity contribution < 1.29 is 5.11 Å². The van der Waals surface area contributed by atoms with E-state index in [0.29, 0.717) is 12.0 Å². The number of aliphatic hydroxyl groups excluding tert-OH is 1. The molecule has 1 aromatic heterocycles. The minimum absolute atomic E-state index is 0.241. The van der Waals surface area contributed by atoms with Crippen LogP contribution in [0, 0.1) is 5.92 Å². The van der Waals surface area contributed by atoms with Crippen molar-refractivity contribution in [2.75, 3.05) is 13.2 Å². The van der Waals surface area contributed by atoms with Crippen LogP contribution in [-0.4, -0.2) is 23.2 Å². The van der Waals surface area contributed by atoms with Crippen LogP contribution in [-0.2, 0) is 6.42 Å². The topological polar surface area (TPSA) is 45.1 Å². The van der Waals surface area contributed by atoms with Crippen molar-refractivity contribution in [3.05, 3.63) is 40.9 Å². The average molecular weight is 302 g/mol. The van der Waals surface area contributed by atoms with Gasteiger partial charge in [0, 0.05) is 29.6 Å². The largest absolute Gasteiger partial charge is 0.396 e. The molecule has 3 nitrogen and oxygen atoms in total. The third-order valence-corrected chi connectivity index (χ3v) is 5.26. The fourth-order valence-electron chi connectivity index (χ4n) is 2.73. The summed E-state index contributed by atoms with van der Waals surface area (Å²) >= 11 is 1.82. The number of aryl methyl sites for hydroxylation is 1. The number of thiazole rings is 1. The first kappa shape index (κ1) is 14.7. The fourth-order valence-corrected chi connectivity index (χ4v) is 3.95. The molecular weight excluding hydrogens is 280 g/mol. The Hall–Kier alpha value is -1.23. The zero-order valence-electron chi connectivity index (χ0n) is 12.4. The standard InChI is InChI=1S/C17H22N2OS/c1-12(11-20)10-18-14-8-5-9-15-16(14)21-17(19-15)13-6-3-2-4-7-13/h2-4,6-7,12,14,18,20H,5,8-11H2,1H3. The summed E-state index contributed by atoms with van der Waals surface area (Å²) in [6.07, 6.45) is 3.45. The minimum Gasteiger partial charge on any atom is -0.396 e. The van der Waals surface area contributed by atoms with E-state index in [0.717, 1.165) is 18.0 Å². The molecule has 0 amide bonds. The van der Waals surface area contributed by atoms with Crippen molar-refractivity contribution in [2.45, 2.75) is 32.2 Å². The van der Waals surface area contributed by atoms with Gasteiger partial charge in [-0.25, -0.2) is 4.98 Å². The van der Waals surface area contributed by atoms with Crippen molar-refractivity contribution in [1.82, 2.24) is 10.3 Å². The van der Waals surface area contributed by atoms with Crippen LogP contribution in [0.25, 0.3) is 10.6 Å². The summed E-state index contributed by atoms with van der Waals surface area (Å²) in [7, 11) is 0. The number of aromatic nitrogens is 1. The Bertz CT molecular complexity index is 582. The molecule has 2 aromatic rings. The van der Waals surface area contributed by atoms with Crippen LogP contribution in [0.5, 0.6) is 0 Å². The second-order valence-electron chi connectivity index (χ2n) is 5.84. The van der Waals surface area contributed by atoms with E-state index in [1.54, 1.807) is 0 Å². The molecule has 112 valence electrons. The van der Waals surface area contributed by atoms with Crippen molar-refractivity contribution in [2.24, 2.45) is 5.92 Å². The molecule has 0 radical (unpaired) electrons. The lowest BCUT2D eigenvalue weighted by molar-refractivity contribution is 0.228. The second-order valence-corrected chi connectivity index (χ2v) is 6.87. The molecule has 0 spiro atoms. The number of hydrogen-bond acceptors (Lipinski definition) is 4. The highest BCUT2D eigenvalue weighted by Crippen LogP contribution is 2.37. The van der Waals surface area contributed by atoms with E-state index in [4.69, 9.17) is 10.1 Å². The van der Waals surface area contributed by atoms with Crippen LogP contribution in [0.2, 0.25) is 0 Å². The van der Waals surface area contributed by atoms with Gasteiger partial charge in [0.2, 0.25) is 0 Å². The van der Waals surface area contributed by atoms with E-state index in [2.05, 4.69) is 36.5 Å². The first-order valence-corrected chi connectivity index (χ1v) is 8.49. The van der Waals surface area contributed by atoms with Crippen LogP contribution < -0.4 is 5.32 Å². The van der Waals surface area contributed by atoms with E-state index in [1.165, 1.54) is 29.0 Å². The van der Waals surface area contributed by atoms with Crippen LogP contribution in [0.4, 0.5) is 0 Å². The first-order valence-electron chi connectivity index (χ1n) is 7.67. The molecule has 0 saturated carbocycles. The smallest absolute Gasteiger partial charge is 0.123 e. The Morgan fingerprint density at radius 3 is 2.95 bits per heavy atom. The number of nitrogens with zero attached hydrogens (tertiary/aromatic N) is 1. The highest BCUT2D eigenvalue weighted by molar-refractivity contribution is 7.15. The predicted octanol–water partition coefficient (Wildman–Crippen LogP) is 3.41. The summed E-state index contributed by atoms with van der Waals surface area (Å²) in [6.45, 7) is 3.17. The van der Waals surface area contributed by atoms with Gasteiger partial charge in [0.1, 0.15) is 5.01 Å². The maximum atomic E-state index is 9.16. The molecule has 2 N–H and O–H groups in total. The number of nitrogens with one attached hydrogen (secondary N) is 1. The van der Waals surface area contributed by atoms with E-state index in [9.17, 15) is 0 Å². The van der Waals surface area contributed by atoms with Gasteiger partial charge in [-0.05, 0) is 25.2 Å². The number of hydrogen-bond donors (Lipinski definition) is 2. The van der Waals surface area contributed by atoms with Crippen molar-refractivity contribution >= 4 is 11.3 Å². The molecule has 1 aliphatic carbocycles. The zero-order chi connectivity index (χ0) is 14.7. The van der Waals surface area contributed by atoms with Crippen molar-refractivity contribution in [1.29, 1.82) is 0 Å². The molecule has 0 aliphatic heterocycles. The highest BCUT2D eigenvalue weighted by atomic mass is 32.1. The summed E-state index contributed by atoms with van der Waals surface area (Å²) in [6, 6.07) is 10.8. The van der Waals surface area contributed by atoms with Crippen molar-refractivity contribution in [3.63, 3.8) is 0 Å². The molecule has 2 atom stereocenters. The summed E-state index contributed by atoms with van der Waals surface area (Å²) in [5.41, 5.74) is 2.47. The summed E-state index contributed by atoms with van der Waals surface area (Å²) in [5.74, 6) is 0.303. The van der Waals surface area contributed by atoms with E-state index < -0.39 is 0 Å². The van der Waals surface area contributed by atoms with Gasteiger partial charge in [0.25, 0.3) is 0 Å². The SMILES string of the molecule is CC(CO)CNC1CCCc2nc(-c3ccccc3)sc21. The molecule has 0 saturated heterocycles. The molecule has 0 bridgehead atoms.